The van der Waals surface area contributed by atoms with Crippen LogP contribution in [0.3, 0.4) is 0 Å². The normalized spacial score (nSPS) is 37.1. The Morgan fingerprint density at radius 1 is 1.00 bits per heavy atom. The Kier molecular flexibility index (Phi) is 2.27. The van der Waals surface area contributed by atoms with Crippen LogP contribution >= 0.6 is 0 Å². The fourth-order valence-corrected chi connectivity index (χ4v) is 3.61. The summed E-state index contributed by atoms with van der Waals surface area (Å²) in [5.74, 6) is 0.943. The summed E-state index contributed by atoms with van der Waals surface area (Å²) in [6.45, 7) is 1.35. The molecule has 2 unspecified atom stereocenters. The van der Waals surface area contributed by atoms with Gasteiger partial charge in [0.15, 0.2) is 0 Å². The lowest BCUT2D eigenvalue weighted by Crippen LogP contribution is -2.45. The SMILES string of the molecule is C1=C2C(CCC1)CCC1CCCCN21. The Balaban J connectivity index is 1.83. The van der Waals surface area contributed by atoms with Crippen molar-refractivity contribution in [1.82, 2.24) is 4.90 Å². The van der Waals surface area contributed by atoms with Crippen molar-refractivity contribution >= 4 is 0 Å². The fourth-order valence-electron chi connectivity index (χ4n) is 3.61. The molecule has 2 aliphatic heterocycles. The number of rotatable bonds is 0. The second-order valence-corrected chi connectivity index (χ2v) is 5.18. The molecule has 3 aliphatic rings. The first kappa shape index (κ1) is 8.82. The van der Waals surface area contributed by atoms with Crippen LogP contribution < -0.4 is 0 Å². The topological polar surface area (TPSA) is 3.24 Å². The molecule has 0 radical (unpaired) electrons. The van der Waals surface area contributed by atoms with E-state index >= 15 is 0 Å². The smallest absolute Gasteiger partial charge is 0.0287 e. The molecule has 0 bridgehead atoms. The highest BCUT2D eigenvalue weighted by Crippen LogP contribution is 2.40. The van der Waals surface area contributed by atoms with Crippen LogP contribution in [0.1, 0.15) is 51.4 Å². The molecular formula is C13H21N. The van der Waals surface area contributed by atoms with Gasteiger partial charge in [-0.2, -0.15) is 0 Å². The van der Waals surface area contributed by atoms with E-state index < -0.39 is 0 Å². The Labute approximate surface area is 87.2 Å². The van der Waals surface area contributed by atoms with Crippen molar-refractivity contribution in [2.24, 2.45) is 5.92 Å². The van der Waals surface area contributed by atoms with Crippen molar-refractivity contribution in [3.05, 3.63) is 11.8 Å². The van der Waals surface area contributed by atoms with Gasteiger partial charge in [0, 0.05) is 18.3 Å². The van der Waals surface area contributed by atoms with Gasteiger partial charge in [-0.1, -0.05) is 6.08 Å². The van der Waals surface area contributed by atoms with Gasteiger partial charge in [0.05, 0.1) is 0 Å². The predicted molar refractivity (Wildman–Crippen MR) is 59.0 cm³/mol. The predicted octanol–water partition coefficient (Wildman–Crippen LogP) is 3.32. The number of hydrogen-bond donors (Lipinski definition) is 0. The third-order valence-electron chi connectivity index (χ3n) is 4.34. The van der Waals surface area contributed by atoms with E-state index in [1.54, 1.807) is 5.70 Å². The van der Waals surface area contributed by atoms with Crippen LogP contribution in [-0.2, 0) is 0 Å². The molecule has 0 aromatic rings. The van der Waals surface area contributed by atoms with Crippen molar-refractivity contribution in [3.63, 3.8) is 0 Å². The van der Waals surface area contributed by atoms with Crippen LogP contribution in [0.4, 0.5) is 0 Å². The van der Waals surface area contributed by atoms with Crippen LogP contribution in [0.25, 0.3) is 0 Å². The highest BCUT2D eigenvalue weighted by molar-refractivity contribution is 5.14. The molecule has 1 nitrogen and oxygen atoms in total. The van der Waals surface area contributed by atoms with E-state index in [4.69, 9.17) is 0 Å². The van der Waals surface area contributed by atoms with Crippen LogP contribution in [0.15, 0.2) is 11.8 Å². The monoisotopic (exact) mass is 191 g/mol. The molecular weight excluding hydrogens is 170 g/mol. The van der Waals surface area contributed by atoms with Gasteiger partial charge in [-0.3, -0.25) is 0 Å². The minimum absolute atomic E-state index is 0.921. The molecule has 1 heteroatoms. The number of nitrogens with zero attached hydrogens (tertiary/aromatic N) is 1. The molecule has 1 aliphatic carbocycles. The van der Waals surface area contributed by atoms with Gasteiger partial charge >= 0.3 is 0 Å². The summed E-state index contributed by atoms with van der Waals surface area (Å²) in [4.78, 5) is 2.76. The summed E-state index contributed by atoms with van der Waals surface area (Å²) in [6.07, 6.45) is 14.1. The Morgan fingerprint density at radius 3 is 3.00 bits per heavy atom. The lowest BCUT2D eigenvalue weighted by molar-refractivity contribution is 0.116. The van der Waals surface area contributed by atoms with Crippen molar-refractivity contribution in [2.45, 2.75) is 57.4 Å². The Hall–Kier alpha value is -0.460. The van der Waals surface area contributed by atoms with Gasteiger partial charge in [-0.25, -0.2) is 0 Å². The van der Waals surface area contributed by atoms with Crippen molar-refractivity contribution in [2.75, 3.05) is 6.54 Å². The molecule has 0 saturated carbocycles. The van der Waals surface area contributed by atoms with Crippen LogP contribution in [0.5, 0.6) is 0 Å². The second kappa shape index (κ2) is 3.60. The minimum Gasteiger partial charge on any atom is -0.372 e. The average molecular weight is 191 g/mol. The van der Waals surface area contributed by atoms with E-state index in [-0.39, 0.29) is 0 Å². The molecule has 0 N–H and O–H groups in total. The van der Waals surface area contributed by atoms with Gasteiger partial charge in [0.25, 0.3) is 0 Å². The molecule has 3 rings (SSSR count). The van der Waals surface area contributed by atoms with Crippen LogP contribution in [-0.4, -0.2) is 17.5 Å². The summed E-state index contributed by atoms with van der Waals surface area (Å²) in [6, 6.07) is 0.921. The third-order valence-corrected chi connectivity index (χ3v) is 4.34. The third kappa shape index (κ3) is 1.37. The van der Waals surface area contributed by atoms with Crippen LogP contribution in [0, 0.1) is 5.92 Å². The van der Waals surface area contributed by atoms with Crippen molar-refractivity contribution in [1.29, 1.82) is 0 Å². The molecule has 0 aromatic heterocycles. The highest BCUT2D eigenvalue weighted by atomic mass is 15.2. The molecule has 2 heterocycles. The Bertz CT molecular complexity index is 244. The molecule has 14 heavy (non-hydrogen) atoms. The van der Waals surface area contributed by atoms with E-state index in [9.17, 15) is 0 Å². The molecule has 0 aromatic carbocycles. The maximum absolute atomic E-state index is 2.76. The average Bonchev–Trinajstić information content (AvgIpc) is 2.29. The quantitative estimate of drug-likeness (QED) is 0.568. The first-order chi connectivity index (χ1) is 6.95. The van der Waals surface area contributed by atoms with Gasteiger partial charge < -0.3 is 4.90 Å². The van der Waals surface area contributed by atoms with Gasteiger partial charge in [-0.15, -0.1) is 0 Å². The van der Waals surface area contributed by atoms with Gasteiger partial charge in [0.1, 0.15) is 0 Å². The molecule has 0 spiro atoms. The standard InChI is InChI=1S/C13H21N/c1-2-7-13-11(5-1)8-9-12-6-3-4-10-14(12)13/h7,11-12H,1-6,8-10H2. The molecule has 2 fully saturated rings. The highest BCUT2D eigenvalue weighted by Gasteiger charge is 2.33. The van der Waals surface area contributed by atoms with E-state index in [2.05, 4.69) is 11.0 Å². The van der Waals surface area contributed by atoms with Crippen LogP contribution in [0.2, 0.25) is 0 Å². The maximum atomic E-state index is 2.76. The number of allylic oxidation sites excluding steroid dienone is 2. The minimum atomic E-state index is 0.921. The van der Waals surface area contributed by atoms with Crippen molar-refractivity contribution in [3.8, 4) is 0 Å². The summed E-state index contributed by atoms with van der Waals surface area (Å²) in [5.41, 5.74) is 1.74. The second-order valence-electron chi connectivity index (χ2n) is 5.18. The summed E-state index contributed by atoms with van der Waals surface area (Å²) < 4.78 is 0. The first-order valence-corrected chi connectivity index (χ1v) is 6.42. The zero-order chi connectivity index (χ0) is 9.38. The zero-order valence-corrected chi connectivity index (χ0v) is 9.04. The summed E-state index contributed by atoms with van der Waals surface area (Å²) >= 11 is 0. The van der Waals surface area contributed by atoms with E-state index in [0.29, 0.717) is 0 Å². The molecule has 2 saturated heterocycles. The number of fused-ring (bicyclic) bond motifs is 3. The number of piperidine rings is 2. The lowest BCUT2D eigenvalue weighted by atomic mass is 9.80. The molecule has 2 atom stereocenters. The van der Waals surface area contributed by atoms with Gasteiger partial charge in [-0.05, 0) is 57.3 Å². The van der Waals surface area contributed by atoms with E-state index in [1.807, 2.05) is 0 Å². The summed E-state index contributed by atoms with van der Waals surface area (Å²) in [7, 11) is 0. The maximum Gasteiger partial charge on any atom is 0.0287 e. The number of hydrogen-bond acceptors (Lipinski definition) is 1. The fraction of sp³-hybridized carbons (Fsp3) is 0.846. The van der Waals surface area contributed by atoms with Crippen molar-refractivity contribution < 1.29 is 0 Å². The Morgan fingerprint density at radius 2 is 2.00 bits per heavy atom. The van der Waals surface area contributed by atoms with E-state index in [1.165, 1.54) is 57.9 Å². The largest absolute Gasteiger partial charge is 0.372 e. The van der Waals surface area contributed by atoms with Gasteiger partial charge in [0.2, 0.25) is 0 Å². The molecule has 0 amide bonds. The summed E-state index contributed by atoms with van der Waals surface area (Å²) in [5, 5.41) is 0. The first-order valence-electron chi connectivity index (χ1n) is 6.42. The molecule has 78 valence electrons. The van der Waals surface area contributed by atoms with E-state index in [0.717, 1.165) is 12.0 Å². The zero-order valence-electron chi connectivity index (χ0n) is 9.04. The lowest BCUT2D eigenvalue weighted by Gasteiger charge is -2.47.